The Morgan fingerprint density at radius 2 is 1.89 bits per heavy atom. The van der Waals surface area contributed by atoms with E-state index in [2.05, 4.69) is 20.9 Å². The second-order valence-electron chi connectivity index (χ2n) is 3.29. The third-order valence-corrected chi connectivity index (χ3v) is 2.68. The Morgan fingerprint density at radius 1 is 1.22 bits per heavy atom. The van der Waals surface area contributed by atoms with Crippen molar-refractivity contribution >= 4 is 21.6 Å². The van der Waals surface area contributed by atoms with Gasteiger partial charge in [0.15, 0.2) is 0 Å². The number of hydrogen-bond donors (Lipinski definition) is 1. The maximum Gasteiger partial charge on any atom is 0.128 e. The molecule has 2 rings (SSSR count). The molecule has 4 heteroatoms. The van der Waals surface area contributed by atoms with Crippen molar-refractivity contribution in [1.82, 2.24) is 4.98 Å². The van der Waals surface area contributed by atoms with E-state index in [9.17, 15) is 0 Å². The largest absolute Gasteiger partial charge is 0.496 e. The van der Waals surface area contributed by atoms with Crippen LogP contribution in [0.25, 0.3) is 11.3 Å². The van der Waals surface area contributed by atoms with Crippen molar-refractivity contribution in [2.75, 3.05) is 12.8 Å². The molecule has 0 radical (unpaired) electrons. The first kappa shape index (κ1) is 14.5. The van der Waals surface area contributed by atoms with Gasteiger partial charge in [-0.15, -0.1) is 0 Å². The van der Waals surface area contributed by atoms with E-state index in [4.69, 9.17) is 10.5 Å². The minimum absolute atomic E-state index is 0.624. The fourth-order valence-corrected chi connectivity index (χ4v) is 1.87. The maximum absolute atomic E-state index is 5.93. The smallest absolute Gasteiger partial charge is 0.128 e. The van der Waals surface area contributed by atoms with Crippen molar-refractivity contribution in [1.29, 1.82) is 0 Å². The summed E-state index contributed by atoms with van der Waals surface area (Å²) in [5, 5.41) is 0. The van der Waals surface area contributed by atoms with Gasteiger partial charge >= 0.3 is 0 Å². The van der Waals surface area contributed by atoms with Crippen LogP contribution in [0.2, 0.25) is 0 Å². The summed E-state index contributed by atoms with van der Waals surface area (Å²) < 4.78 is 6.14. The molecule has 1 heterocycles. The van der Waals surface area contributed by atoms with Gasteiger partial charge in [0.25, 0.3) is 0 Å². The fourth-order valence-electron chi connectivity index (χ4n) is 1.52. The van der Waals surface area contributed by atoms with Gasteiger partial charge in [-0.2, -0.15) is 0 Å². The third kappa shape index (κ3) is 3.23. The van der Waals surface area contributed by atoms with Crippen LogP contribution >= 0.6 is 15.9 Å². The molecular weight excluding hydrogens is 292 g/mol. The average Bonchev–Trinajstić information content (AvgIpc) is 2.41. The lowest BCUT2D eigenvalue weighted by atomic mass is 10.1. The zero-order chi connectivity index (χ0) is 13.5. The molecule has 0 aliphatic rings. The van der Waals surface area contributed by atoms with Crippen LogP contribution in [-0.2, 0) is 0 Å². The number of aromatic nitrogens is 1. The summed E-state index contributed by atoms with van der Waals surface area (Å²) in [6.07, 6.45) is 1.72. The first-order chi connectivity index (χ1) is 8.72. The number of hydrogen-bond acceptors (Lipinski definition) is 3. The van der Waals surface area contributed by atoms with Gasteiger partial charge in [-0.25, -0.2) is 0 Å². The van der Waals surface area contributed by atoms with Gasteiger partial charge in [0, 0.05) is 16.2 Å². The molecule has 0 atom stereocenters. The Bertz CT molecular complexity index is 515. The van der Waals surface area contributed by atoms with E-state index in [1.165, 1.54) is 0 Å². The Balaban J connectivity index is 0.000000771. The van der Waals surface area contributed by atoms with Crippen LogP contribution in [0.15, 0.2) is 41.0 Å². The number of nitrogen functional groups attached to an aromatic ring is 1. The maximum atomic E-state index is 5.93. The fraction of sp³-hybridized carbons (Fsp3) is 0.214. The highest BCUT2D eigenvalue weighted by molar-refractivity contribution is 9.10. The molecule has 2 aromatic rings. The van der Waals surface area contributed by atoms with Crippen molar-refractivity contribution in [3.63, 3.8) is 0 Å². The van der Waals surface area contributed by atoms with Crippen LogP contribution in [0, 0.1) is 0 Å². The van der Waals surface area contributed by atoms with Gasteiger partial charge in [-0.05, 0) is 34.1 Å². The summed E-state index contributed by atoms with van der Waals surface area (Å²) in [6.45, 7) is 4.00. The third-order valence-electron chi connectivity index (χ3n) is 2.25. The van der Waals surface area contributed by atoms with E-state index in [0.29, 0.717) is 5.69 Å². The van der Waals surface area contributed by atoms with Crippen LogP contribution in [0.1, 0.15) is 13.8 Å². The first-order valence-electron chi connectivity index (χ1n) is 5.77. The lowest BCUT2D eigenvalue weighted by Crippen LogP contribution is -1.95. The molecule has 0 fully saturated rings. The molecule has 0 saturated carbocycles. The zero-order valence-electron chi connectivity index (χ0n) is 10.8. The Kier molecular flexibility index (Phi) is 5.65. The summed E-state index contributed by atoms with van der Waals surface area (Å²) in [4.78, 5) is 4.30. The second kappa shape index (κ2) is 7.01. The number of nitrogens with zero attached hydrogens (tertiary/aromatic N) is 1. The van der Waals surface area contributed by atoms with Gasteiger partial charge in [-0.1, -0.05) is 26.0 Å². The second-order valence-corrected chi connectivity index (χ2v) is 4.21. The van der Waals surface area contributed by atoms with Crippen molar-refractivity contribution in [3.05, 3.63) is 41.0 Å². The highest BCUT2D eigenvalue weighted by atomic mass is 79.9. The molecule has 2 N–H and O–H groups in total. The lowest BCUT2D eigenvalue weighted by molar-refractivity contribution is 0.416. The highest BCUT2D eigenvalue weighted by Crippen LogP contribution is 2.32. The Hall–Kier alpha value is -1.55. The summed E-state index contributed by atoms with van der Waals surface area (Å²) in [6, 6.07) is 9.50. The topological polar surface area (TPSA) is 48.1 Å². The van der Waals surface area contributed by atoms with Gasteiger partial charge in [0.05, 0.1) is 18.5 Å². The van der Waals surface area contributed by atoms with E-state index >= 15 is 0 Å². The first-order valence-corrected chi connectivity index (χ1v) is 6.56. The Labute approximate surface area is 116 Å². The number of pyridine rings is 1. The van der Waals surface area contributed by atoms with Crippen molar-refractivity contribution in [2.45, 2.75) is 13.8 Å². The van der Waals surface area contributed by atoms with E-state index in [0.717, 1.165) is 21.5 Å². The molecule has 0 saturated heterocycles. The van der Waals surface area contributed by atoms with Crippen LogP contribution in [0.5, 0.6) is 5.75 Å². The number of halogens is 1. The molecule has 0 aliphatic carbocycles. The van der Waals surface area contributed by atoms with Gasteiger partial charge in [0.2, 0.25) is 0 Å². The van der Waals surface area contributed by atoms with E-state index in [1.54, 1.807) is 13.3 Å². The number of nitrogens with two attached hydrogens (primary N) is 1. The lowest BCUT2D eigenvalue weighted by Gasteiger charge is -2.09. The summed E-state index contributed by atoms with van der Waals surface area (Å²) >= 11 is 3.33. The molecule has 18 heavy (non-hydrogen) atoms. The zero-order valence-corrected chi connectivity index (χ0v) is 12.4. The predicted octanol–water partition coefficient (Wildman–Crippen LogP) is 4.13. The molecule has 0 unspecified atom stereocenters. The van der Waals surface area contributed by atoms with Crippen LogP contribution in [-0.4, -0.2) is 12.1 Å². The van der Waals surface area contributed by atoms with E-state index in [1.807, 2.05) is 44.2 Å². The van der Waals surface area contributed by atoms with Gasteiger partial charge in [0.1, 0.15) is 5.75 Å². The molecule has 0 amide bonds. The summed E-state index contributed by atoms with van der Waals surface area (Å²) in [5.41, 5.74) is 8.19. The van der Waals surface area contributed by atoms with E-state index < -0.39 is 0 Å². The molecule has 3 nitrogen and oxygen atoms in total. The summed E-state index contributed by atoms with van der Waals surface area (Å²) in [7, 11) is 1.63. The summed E-state index contributed by atoms with van der Waals surface area (Å²) in [5.74, 6) is 0.768. The van der Waals surface area contributed by atoms with Crippen molar-refractivity contribution < 1.29 is 4.74 Å². The van der Waals surface area contributed by atoms with E-state index in [-0.39, 0.29) is 0 Å². The minimum Gasteiger partial charge on any atom is -0.496 e. The van der Waals surface area contributed by atoms with Gasteiger partial charge in [-0.3, -0.25) is 4.98 Å². The SMILES string of the molecule is CC.COc1ccccc1-c1ncc(Br)cc1N. The average molecular weight is 309 g/mol. The molecule has 1 aromatic carbocycles. The standard InChI is InChI=1S/C12H11BrN2O.C2H6/c1-16-11-5-3-2-4-9(11)12-10(14)6-8(13)7-15-12;1-2/h2-7H,14H2,1H3;1-2H3. The van der Waals surface area contributed by atoms with Crippen LogP contribution in [0.4, 0.5) is 5.69 Å². The molecule has 0 aliphatic heterocycles. The number of para-hydroxylation sites is 1. The molecular formula is C14H17BrN2O. The number of benzene rings is 1. The highest BCUT2D eigenvalue weighted by Gasteiger charge is 2.09. The number of methoxy groups -OCH3 is 1. The van der Waals surface area contributed by atoms with Crippen molar-refractivity contribution in [3.8, 4) is 17.0 Å². The van der Waals surface area contributed by atoms with Crippen LogP contribution < -0.4 is 10.5 Å². The number of ether oxygens (including phenoxy) is 1. The minimum atomic E-state index is 0.624. The molecule has 0 spiro atoms. The number of rotatable bonds is 2. The molecule has 1 aromatic heterocycles. The Morgan fingerprint density at radius 3 is 2.50 bits per heavy atom. The molecule has 0 bridgehead atoms. The quantitative estimate of drug-likeness (QED) is 0.907. The number of anilines is 1. The van der Waals surface area contributed by atoms with Gasteiger partial charge < -0.3 is 10.5 Å². The van der Waals surface area contributed by atoms with Crippen LogP contribution in [0.3, 0.4) is 0 Å². The monoisotopic (exact) mass is 308 g/mol. The predicted molar refractivity (Wildman–Crippen MR) is 79.7 cm³/mol. The normalized spacial score (nSPS) is 9.33. The van der Waals surface area contributed by atoms with Crippen molar-refractivity contribution in [2.24, 2.45) is 0 Å². The molecule has 96 valence electrons.